The van der Waals surface area contributed by atoms with E-state index in [0.29, 0.717) is 0 Å². The standard InChI is InChI=1S/C11H18N4/c1-9-7-10(12)11(13-8-9)14-15-5-3-2-4-6-15/h7-8H,2-6,12H2,1H3,(H,13,14). The van der Waals surface area contributed by atoms with Gasteiger partial charge in [-0.05, 0) is 31.4 Å². The Morgan fingerprint density at radius 2 is 2.07 bits per heavy atom. The Morgan fingerprint density at radius 3 is 2.73 bits per heavy atom. The van der Waals surface area contributed by atoms with Crippen molar-refractivity contribution in [3.8, 4) is 0 Å². The molecule has 4 heteroatoms. The summed E-state index contributed by atoms with van der Waals surface area (Å²) in [5.74, 6) is 0.780. The zero-order valence-corrected chi connectivity index (χ0v) is 9.16. The van der Waals surface area contributed by atoms with Gasteiger partial charge in [0.15, 0.2) is 5.82 Å². The van der Waals surface area contributed by atoms with Gasteiger partial charge in [0.2, 0.25) is 0 Å². The molecule has 0 aromatic carbocycles. The quantitative estimate of drug-likeness (QED) is 0.774. The predicted molar refractivity (Wildman–Crippen MR) is 62.4 cm³/mol. The average molecular weight is 206 g/mol. The molecule has 1 aliphatic rings. The van der Waals surface area contributed by atoms with E-state index in [2.05, 4.69) is 15.4 Å². The zero-order valence-electron chi connectivity index (χ0n) is 9.16. The van der Waals surface area contributed by atoms with Crippen LogP contribution in [0.2, 0.25) is 0 Å². The first kappa shape index (κ1) is 10.2. The van der Waals surface area contributed by atoms with Gasteiger partial charge in [0, 0.05) is 19.3 Å². The molecule has 1 saturated heterocycles. The lowest BCUT2D eigenvalue weighted by Crippen LogP contribution is -2.35. The highest BCUT2D eigenvalue weighted by Crippen LogP contribution is 2.18. The summed E-state index contributed by atoms with van der Waals surface area (Å²) < 4.78 is 0. The maximum atomic E-state index is 5.89. The smallest absolute Gasteiger partial charge is 0.163 e. The second-order valence-corrected chi connectivity index (χ2v) is 4.11. The summed E-state index contributed by atoms with van der Waals surface area (Å²) in [5.41, 5.74) is 11.0. The normalized spacial score (nSPS) is 17.7. The van der Waals surface area contributed by atoms with Crippen LogP contribution in [-0.4, -0.2) is 23.1 Å². The Morgan fingerprint density at radius 1 is 1.33 bits per heavy atom. The third-order valence-corrected chi connectivity index (χ3v) is 2.67. The van der Waals surface area contributed by atoms with Crippen LogP contribution in [-0.2, 0) is 0 Å². The second kappa shape index (κ2) is 4.49. The van der Waals surface area contributed by atoms with Crippen molar-refractivity contribution >= 4 is 11.5 Å². The first-order chi connectivity index (χ1) is 7.25. The lowest BCUT2D eigenvalue weighted by molar-refractivity contribution is 0.272. The lowest BCUT2D eigenvalue weighted by Gasteiger charge is -2.27. The molecule has 0 spiro atoms. The molecule has 1 fully saturated rings. The molecule has 0 saturated carbocycles. The van der Waals surface area contributed by atoms with E-state index in [1.807, 2.05) is 19.2 Å². The highest BCUT2D eigenvalue weighted by atomic mass is 15.5. The van der Waals surface area contributed by atoms with Gasteiger partial charge in [-0.25, -0.2) is 9.99 Å². The molecule has 2 rings (SSSR count). The first-order valence-corrected chi connectivity index (χ1v) is 5.49. The molecule has 3 N–H and O–H groups in total. The van der Waals surface area contributed by atoms with Crippen molar-refractivity contribution in [3.05, 3.63) is 17.8 Å². The van der Waals surface area contributed by atoms with E-state index in [0.717, 1.165) is 30.2 Å². The Balaban J connectivity index is 2.03. The molecular formula is C11H18N4. The molecule has 4 nitrogen and oxygen atoms in total. The highest BCUT2D eigenvalue weighted by Gasteiger charge is 2.11. The number of anilines is 2. The Hall–Kier alpha value is -1.29. The van der Waals surface area contributed by atoms with Crippen molar-refractivity contribution in [1.82, 2.24) is 9.99 Å². The topological polar surface area (TPSA) is 54.2 Å². The summed E-state index contributed by atoms with van der Waals surface area (Å²) in [6.07, 6.45) is 5.66. The Bertz CT molecular complexity index is 331. The van der Waals surface area contributed by atoms with Gasteiger partial charge in [0.1, 0.15) is 0 Å². The summed E-state index contributed by atoms with van der Waals surface area (Å²) in [5, 5.41) is 2.19. The van der Waals surface area contributed by atoms with E-state index in [1.54, 1.807) is 0 Å². The minimum atomic E-state index is 0.723. The fraction of sp³-hybridized carbons (Fsp3) is 0.545. The average Bonchev–Trinajstić information content (AvgIpc) is 2.24. The van der Waals surface area contributed by atoms with Crippen molar-refractivity contribution in [2.45, 2.75) is 26.2 Å². The Kier molecular flexibility index (Phi) is 3.06. The third-order valence-electron chi connectivity index (χ3n) is 2.67. The SMILES string of the molecule is Cc1cnc(NN2CCCCC2)c(N)c1. The largest absolute Gasteiger partial charge is 0.396 e. The zero-order chi connectivity index (χ0) is 10.7. The molecule has 1 aliphatic heterocycles. The van der Waals surface area contributed by atoms with Gasteiger partial charge in [-0.3, -0.25) is 0 Å². The summed E-state index contributed by atoms with van der Waals surface area (Å²) in [6, 6.07) is 1.94. The summed E-state index contributed by atoms with van der Waals surface area (Å²) >= 11 is 0. The molecule has 0 unspecified atom stereocenters. The number of nitrogens with two attached hydrogens (primary N) is 1. The van der Waals surface area contributed by atoms with E-state index < -0.39 is 0 Å². The van der Waals surface area contributed by atoms with E-state index >= 15 is 0 Å². The highest BCUT2D eigenvalue weighted by molar-refractivity contribution is 5.61. The van der Waals surface area contributed by atoms with Crippen molar-refractivity contribution in [3.63, 3.8) is 0 Å². The van der Waals surface area contributed by atoms with Gasteiger partial charge >= 0.3 is 0 Å². The van der Waals surface area contributed by atoms with Crippen LogP contribution >= 0.6 is 0 Å². The van der Waals surface area contributed by atoms with Crippen molar-refractivity contribution in [2.24, 2.45) is 0 Å². The van der Waals surface area contributed by atoms with Gasteiger partial charge in [0.25, 0.3) is 0 Å². The van der Waals surface area contributed by atoms with Crippen molar-refractivity contribution < 1.29 is 0 Å². The number of hydrazine groups is 1. The number of rotatable bonds is 2. The molecular weight excluding hydrogens is 188 g/mol. The minimum Gasteiger partial charge on any atom is -0.396 e. The molecule has 0 bridgehead atoms. The van der Waals surface area contributed by atoms with Crippen LogP contribution < -0.4 is 11.2 Å². The Labute approximate surface area is 90.5 Å². The second-order valence-electron chi connectivity index (χ2n) is 4.11. The monoisotopic (exact) mass is 206 g/mol. The number of nitrogens with one attached hydrogen (secondary N) is 1. The molecule has 0 radical (unpaired) electrons. The van der Waals surface area contributed by atoms with Crippen LogP contribution in [0.3, 0.4) is 0 Å². The van der Waals surface area contributed by atoms with Crippen molar-refractivity contribution in [1.29, 1.82) is 0 Å². The van der Waals surface area contributed by atoms with E-state index in [-0.39, 0.29) is 0 Å². The fourth-order valence-corrected chi connectivity index (χ4v) is 1.84. The van der Waals surface area contributed by atoms with Crippen LogP contribution in [0.4, 0.5) is 11.5 Å². The number of nitrogens with zero attached hydrogens (tertiary/aromatic N) is 2. The predicted octanol–water partition coefficient (Wildman–Crippen LogP) is 1.79. The molecule has 0 aliphatic carbocycles. The van der Waals surface area contributed by atoms with Crippen LogP contribution in [0.15, 0.2) is 12.3 Å². The number of hydrogen-bond donors (Lipinski definition) is 2. The number of nitrogen functional groups attached to an aromatic ring is 1. The van der Waals surface area contributed by atoms with E-state index in [9.17, 15) is 0 Å². The molecule has 0 atom stereocenters. The van der Waals surface area contributed by atoms with Crippen LogP contribution in [0.5, 0.6) is 0 Å². The number of piperidine rings is 1. The molecule has 2 heterocycles. The van der Waals surface area contributed by atoms with Gasteiger partial charge in [-0.1, -0.05) is 6.42 Å². The fourth-order valence-electron chi connectivity index (χ4n) is 1.84. The summed E-state index contributed by atoms with van der Waals surface area (Å²) in [6.45, 7) is 4.15. The third kappa shape index (κ3) is 2.59. The maximum absolute atomic E-state index is 5.89. The van der Waals surface area contributed by atoms with Crippen molar-refractivity contribution in [2.75, 3.05) is 24.2 Å². The molecule has 82 valence electrons. The minimum absolute atomic E-state index is 0.723. The van der Waals surface area contributed by atoms with Gasteiger partial charge in [0.05, 0.1) is 5.69 Å². The number of hydrogen-bond acceptors (Lipinski definition) is 4. The molecule has 1 aromatic heterocycles. The lowest BCUT2D eigenvalue weighted by atomic mass is 10.2. The van der Waals surface area contributed by atoms with Gasteiger partial charge < -0.3 is 11.2 Å². The first-order valence-electron chi connectivity index (χ1n) is 5.49. The van der Waals surface area contributed by atoms with Crippen LogP contribution in [0.25, 0.3) is 0 Å². The molecule has 1 aromatic rings. The maximum Gasteiger partial charge on any atom is 0.163 e. The number of pyridine rings is 1. The summed E-state index contributed by atoms with van der Waals surface area (Å²) in [4.78, 5) is 4.29. The molecule has 0 amide bonds. The van der Waals surface area contributed by atoms with Gasteiger partial charge in [-0.2, -0.15) is 0 Å². The van der Waals surface area contributed by atoms with E-state index in [4.69, 9.17) is 5.73 Å². The van der Waals surface area contributed by atoms with Crippen LogP contribution in [0.1, 0.15) is 24.8 Å². The molecule has 15 heavy (non-hydrogen) atoms. The van der Waals surface area contributed by atoms with Gasteiger partial charge in [-0.15, -0.1) is 0 Å². The number of aromatic nitrogens is 1. The summed E-state index contributed by atoms with van der Waals surface area (Å²) in [7, 11) is 0. The van der Waals surface area contributed by atoms with Crippen LogP contribution in [0, 0.1) is 6.92 Å². The van der Waals surface area contributed by atoms with E-state index in [1.165, 1.54) is 19.3 Å². The number of aryl methyl sites for hydroxylation is 1.